The first-order valence-corrected chi connectivity index (χ1v) is 15.7. The maximum absolute atomic E-state index is 15.4. The van der Waals surface area contributed by atoms with E-state index in [-0.39, 0.29) is 28.5 Å². The molecule has 242 valence electrons. The molecule has 1 aliphatic heterocycles. The normalized spacial score (nSPS) is 15.4. The molecule has 0 spiro atoms. The zero-order valence-electron chi connectivity index (χ0n) is 26.5. The van der Waals surface area contributed by atoms with Gasteiger partial charge in [0.25, 0.3) is 0 Å². The molecule has 0 saturated carbocycles. The van der Waals surface area contributed by atoms with Crippen molar-refractivity contribution in [3.8, 4) is 16.8 Å². The molecule has 2 heterocycles. The van der Waals surface area contributed by atoms with E-state index in [1.807, 2.05) is 75.4 Å². The first kappa shape index (κ1) is 32.5. The highest BCUT2D eigenvalue weighted by atomic mass is 35.5. The molecule has 1 atom stereocenters. The Hall–Kier alpha value is -5.48. The number of amides is 2. The molecule has 9 nitrogen and oxygen atoms in total. The Morgan fingerprint density at radius 2 is 1.75 bits per heavy atom. The van der Waals surface area contributed by atoms with Gasteiger partial charge in [0.1, 0.15) is 12.4 Å². The summed E-state index contributed by atoms with van der Waals surface area (Å²) in [4.78, 5) is 42.0. The molecule has 5 aromatic rings. The smallest absolute Gasteiger partial charge is 0.248 e. The number of rotatable bonds is 8. The molecule has 0 radical (unpaired) electrons. The summed E-state index contributed by atoms with van der Waals surface area (Å²) in [5, 5.41) is 11.0. The summed E-state index contributed by atoms with van der Waals surface area (Å²) in [5.74, 6) is -1.91. The first-order chi connectivity index (χ1) is 22.9. The van der Waals surface area contributed by atoms with E-state index < -0.39 is 29.2 Å². The molecule has 4 aromatic carbocycles. The third-order valence-electron chi connectivity index (χ3n) is 8.65. The predicted octanol–water partition coefficient (Wildman–Crippen LogP) is 6.26. The Bertz CT molecular complexity index is 2060. The number of nitrogens with zero attached hydrogens (tertiary/aromatic N) is 5. The van der Waals surface area contributed by atoms with Crippen LogP contribution in [0.2, 0.25) is 5.02 Å². The number of benzene rings is 4. The minimum atomic E-state index is -0.949. The van der Waals surface area contributed by atoms with Gasteiger partial charge in [0.05, 0.1) is 10.7 Å². The van der Waals surface area contributed by atoms with E-state index in [2.05, 4.69) is 15.5 Å². The summed E-state index contributed by atoms with van der Waals surface area (Å²) in [6.45, 7) is 5.80. The second-order valence-electron chi connectivity index (χ2n) is 12.4. The monoisotopic (exact) mass is 662 g/mol. The van der Waals surface area contributed by atoms with Crippen LogP contribution in [0.4, 0.5) is 4.39 Å². The third-order valence-corrected chi connectivity index (χ3v) is 8.94. The van der Waals surface area contributed by atoms with Crippen molar-refractivity contribution in [2.24, 2.45) is 5.73 Å². The molecule has 2 N–H and O–H groups in total. The highest BCUT2D eigenvalue weighted by molar-refractivity contribution is 6.31. The number of tetrazole rings is 1. The van der Waals surface area contributed by atoms with Crippen molar-refractivity contribution in [2.45, 2.75) is 45.2 Å². The van der Waals surface area contributed by atoms with E-state index in [1.165, 1.54) is 29.2 Å². The van der Waals surface area contributed by atoms with Crippen molar-refractivity contribution in [3.05, 3.63) is 135 Å². The molecule has 0 aliphatic carbocycles. The van der Waals surface area contributed by atoms with Crippen LogP contribution >= 0.6 is 11.6 Å². The number of fused-ring (bicyclic) bond motifs is 1. The molecule has 0 bridgehead atoms. The summed E-state index contributed by atoms with van der Waals surface area (Å²) in [6, 6.07) is 22.4. The molecule has 6 rings (SSSR count). The van der Waals surface area contributed by atoms with Gasteiger partial charge in [-0.05, 0) is 95.8 Å². The summed E-state index contributed by atoms with van der Waals surface area (Å²) in [5.41, 5.74) is 10.6. The number of carbonyl (C=O) groups excluding carboxylic acids is 3. The van der Waals surface area contributed by atoms with Crippen LogP contribution in [-0.2, 0) is 22.4 Å². The van der Waals surface area contributed by atoms with Crippen molar-refractivity contribution < 1.29 is 18.8 Å². The molecule has 1 aromatic heterocycles. The van der Waals surface area contributed by atoms with Crippen molar-refractivity contribution in [2.75, 3.05) is 0 Å². The van der Waals surface area contributed by atoms with Gasteiger partial charge < -0.3 is 10.6 Å². The van der Waals surface area contributed by atoms with Crippen molar-refractivity contribution in [3.63, 3.8) is 0 Å². The highest BCUT2D eigenvalue weighted by Gasteiger charge is 2.45. The molecule has 1 unspecified atom stereocenters. The maximum atomic E-state index is 15.4. The van der Waals surface area contributed by atoms with E-state index in [9.17, 15) is 14.4 Å². The number of halogens is 2. The van der Waals surface area contributed by atoms with Crippen LogP contribution in [-0.4, -0.2) is 48.2 Å². The minimum Gasteiger partial charge on any atom is -0.366 e. The van der Waals surface area contributed by atoms with Crippen molar-refractivity contribution in [1.82, 2.24) is 25.1 Å². The SMILES string of the molecule is Cc1ccc(CC(=O)C2c3cccc(-c4ccc(C(N)=O)cc4)c3CC(C)(C)N2C(=O)/C=C/c2c(-n3cnnn3)ccc(Cl)c2F)cc1. The van der Waals surface area contributed by atoms with Crippen LogP contribution in [0.15, 0.2) is 91.3 Å². The number of Topliss-reactive ketones (excluding diaryl/α,β-unsaturated/α-hetero) is 1. The van der Waals surface area contributed by atoms with E-state index in [4.69, 9.17) is 17.3 Å². The van der Waals surface area contributed by atoms with Gasteiger partial charge in [0.15, 0.2) is 11.6 Å². The number of nitrogens with two attached hydrogens (primary N) is 1. The van der Waals surface area contributed by atoms with Gasteiger partial charge in [-0.1, -0.05) is 71.8 Å². The molecule has 1 aliphatic rings. The standard InChI is InChI=1S/C37H32ClFN6O3/c1-22-7-9-23(10-8-22)19-32(46)35-27-6-4-5-26(24-11-13-25(14-12-24)36(40)48)29(27)20-37(2,3)45(35)33(47)18-15-28-31(44-21-41-42-43-44)17-16-30(38)34(28)39/h4-18,21,35H,19-20H2,1-3H3,(H2,40,48)/b18-15+. The molecule has 2 amide bonds. The van der Waals surface area contributed by atoms with Gasteiger partial charge in [-0.2, -0.15) is 4.68 Å². The van der Waals surface area contributed by atoms with Gasteiger partial charge in [-0.3, -0.25) is 14.4 Å². The van der Waals surface area contributed by atoms with Crippen molar-refractivity contribution >= 4 is 35.3 Å². The quantitative estimate of drug-likeness (QED) is 0.196. The Balaban J connectivity index is 1.45. The number of primary amides is 1. The van der Waals surface area contributed by atoms with Crippen LogP contribution in [0, 0.1) is 12.7 Å². The Morgan fingerprint density at radius 3 is 2.42 bits per heavy atom. The van der Waals surface area contributed by atoms with Crippen LogP contribution in [0.25, 0.3) is 22.9 Å². The Morgan fingerprint density at radius 1 is 1.02 bits per heavy atom. The zero-order valence-corrected chi connectivity index (χ0v) is 27.3. The fourth-order valence-electron chi connectivity index (χ4n) is 6.32. The Kier molecular flexibility index (Phi) is 8.77. The number of hydrogen-bond donors (Lipinski definition) is 1. The molecule has 0 saturated heterocycles. The van der Waals surface area contributed by atoms with Gasteiger partial charge in [0, 0.05) is 29.2 Å². The van der Waals surface area contributed by atoms with Crippen LogP contribution in [0.5, 0.6) is 0 Å². The fraction of sp³-hybridized carbons (Fsp3) is 0.189. The zero-order chi connectivity index (χ0) is 34.2. The summed E-state index contributed by atoms with van der Waals surface area (Å²) >= 11 is 6.12. The highest BCUT2D eigenvalue weighted by Crippen LogP contribution is 2.44. The first-order valence-electron chi connectivity index (χ1n) is 15.3. The Labute approximate surface area is 281 Å². The number of hydrogen-bond acceptors (Lipinski definition) is 6. The molecular weight excluding hydrogens is 631 g/mol. The van der Waals surface area contributed by atoms with Crippen LogP contribution in [0.3, 0.4) is 0 Å². The van der Waals surface area contributed by atoms with E-state index in [1.54, 1.807) is 23.1 Å². The summed E-state index contributed by atoms with van der Waals surface area (Å²) in [7, 11) is 0. The maximum Gasteiger partial charge on any atom is 0.248 e. The van der Waals surface area contributed by atoms with Gasteiger partial charge in [-0.15, -0.1) is 5.10 Å². The lowest BCUT2D eigenvalue weighted by Gasteiger charge is -2.48. The number of carbonyl (C=O) groups is 3. The van der Waals surface area contributed by atoms with Gasteiger partial charge in [0.2, 0.25) is 11.8 Å². The molecule has 48 heavy (non-hydrogen) atoms. The number of aryl methyl sites for hydroxylation is 1. The average molecular weight is 663 g/mol. The topological polar surface area (TPSA) is 124 Å². The van der Waals surface area contributed by atoms with Gasteiger partial charge >= 0.3 is 0 Å². The van der Waals surface area contributed by atoms with Gasteiger partial charge in [-0.25, -0.2) is 4.39 Å². The van der Waals surface area contributed by atoms with E-state index in [0.717, 1.165) is 27.8 Å². The largest absolute Gasteiger partial charge is 0.366 e. The lowest BCUT2D eigenvalue weighted by molar-refractivity contribution is -0.143. The van der Waals surface area contributed by atoms with Crippen LogP contribution in [0.1, 0.15) is 58.1 Å². The summed E-state index contributed by atoms with van der Waals surface area (Å²) in [6.07, 6.45) is 4.42. The van der Waals surface area contributed by atoms with E-state index in [0.29, 0.717) is 17.5 Å². The summed E-state index contributed by atoms with van der Waals surface area (Å²) < 4.78 is 16.7. The van der Waals surface area contributed by atoms with Crippen LogP contribution < -0.4 is 5.73 Å². The van der Waals surface area contributed by atoms with Crippen molar-refractivity contribution in [1.29, 1.82) is 0 Å². The predicted molar refractivity (Wildman–Crippen MR) is 181 cm³/mol. The molecule has 11 heteroatoms. The number of aromatic nitrogens is 4. The second-order valence-corrected chi connectivity index (χ2v) is 12.8. The second kappa shape index (κ2) is 13.0. The molecular formula is C37H32ClFN6O3. The average Bonchev–Trinajstić information content (AvgIpc) is 3.60. The lowest BCUT2D eigenvalue weighted by atomic mass is 9.76. The number of ketones is 1. The third kappa shape index (κ3) is 6.26. The van der Waals surface area contributed by atoms with E-state index >= 15 is 4.39 Å². The lowest BCUT2D eigenvalue weighted by Crippen LogP contribution is -2.55. The molecule has 0 fully saturated rings. The fourth-order valence-corrected chi connectivity index (χ4v) is 6.48. The minimum absolute atomic E-state index is 0.0163.